The number of anilines is 2. The van der Waals surface area contributed by atoms with Crippen molar-refractivity contribution in [3.8, 4) is 11.3 Å². The Labute approximate surface area is 172 Å². The summed E-state index contributed by atoms with van der Waals surface area (Å²) in [7, 11) is 0. The fourth-order valence-electron chi connectivity index (χ4n) is 3.49. The predicted molar refractivity (Wildman–Crippen MR) is 109 cm³/mol. The lowest BCUT2D eigenvalue weighted by atomic mass is 10.1. The van der Waals surface area contributed by atoms with E-state index in [1.165, 1.54) is 31.5 Å². The SMILES string of the molecule is O=C(CCc1ncc(-c2c(F)cccc2F)o1)Nc1ccc(N2CCCCC2)nc1. The maximum absolute atomic E-state index is 13.8. The van der Waals surface area contributed by atoms with Gasteiger partial charge in [-0.1, -0.05) is 6.07 Å². The number of hydrogen-bond acceptors (Lipinski definition) is 5. The van der Waals surface area contributed by atoms with Gasteiger partial charge >= 0.3 is 0 Å². The van der Waals surface area contributed by atoms with E-state index in [2.05, 4.69) is 20.2 Å². The number of hydrogen-bond donors (Lipinski definition) is 1. The summed E-state index contributed by atoms with van der Waals surface area (Å²) in [6.07, 6.45) is 6.84. The van der Waals surface area contributed by atoms with Crippen LogP contribution in [0.5, 0.6) is 0 Å². The molecule has 6 nitrogen and oxygen atoms in total. The van der Waals surface area contributed by atoms with Gasteiger partial charge in [-0.15, -0.1) is 0 Å². The van der Waals surface area contributed by atoms with Crippen LogP contribution in [0.25, 0.3) is 11.3 Å². The van der Waals surface area contributed by atoms with Crippen LogP contribution in [-0.2, 0) is 11.2 Å². The molecule has 0 atom stereocenters. The summed E-state index contributed by atoms with van der Waals surface area (Å²) in [6.45, 7) is 2.02. The van der Waals surface area contributed by atoms with Crippen LogP contribution in [0.4, 0.5) is 20.3 Å². The number of nitrogens with one attached hydrogen (secondary N) is 1. The lowest BCUT2D eigenvalue weighted by Crippen LogP contribution is -2.30. The van der Waals surface area contributed by atoms with Gasteiger partial charge in [-0.25, -0.2) is 18.7 Å². The second-order valence-electron chi connectivity index (χ2n) is 7.22. The van der Waals surface area contributed by atoms with Gasteiger partial charge in [0.05, 0.1) is 23.6 Å². The number of halogens is 2. The third kappa shape index (κ3) is 4.64. The first-order valence-corrected chi connectivity index (χ1v) is 10.00. The van der Waals surface area contributed by atoms with E-state index in [4.69, 9.17) is 4.42 Å². The van der Waals surface area contributed by atoms with Gasteiger partial charge in [0, 0.05) is 25.9 Å². The minimum absolute atomic E-state index is 0.00138. The average Bonchev–Trinajstić information content (AvgIpc) is 3.22. The molecule has 0 saturated carbocycles. The van der Waals surface area contributed by atoms with Gasteiger partial charge < -0.3 is 14.6 Å². The van der Waals surface area contributed by atoms with Crippen LogP contribution in [0.2, 0.25) is 0 Å². The van der Waals surface area contributed by atoms with Crippen molar-refractivity contribution in [2.75, 3.05) is 23.3 Å². The normalized spacial score (nSPS) is 14.0. The van der Waals surface area contributed by atoms with Crippen molar-refractivity contribution in [1.82, 2.24) is 9.97 Å². The second kappa shape index (κ2) is 9.02. The van der Waals surface area contributed by atoms with E-state index >= 15 is 0 Å². The fourth-order valence-corrected chi connectivity index (χ4v) is 3.49. The molecule has 3 heterocycles. The van der Waals surface area contributed by atoms with Crippen molar-refractivity contribution in [3.63, 3.8) is 0 Å². The largest absolute Gasteiger partial charge is 0.441 e. The highest BCUT2D eigenvalue weighted by Crippen LogP contribution is 2.27. The first-order valence-electron chi connectivity index (χ1n) is 10.00. The summed E-state index contributed by atoms with van der Waals surface area (Å²) in [5.74, 6) is -0.522. The molecule has 0 radical (unpaired) electrons. The molecule has 1 saturated heterocycles. The Morgan fingerprint density at radius 3 is 2.50 bits per heavy atom. The van der Waals surface area contributed by atoms with Crippen LogP contribution in [0.3, 0.4) is 0 Å². The first-order chi connectivity index (χ1) is 14.6. The number of benzene rings is 1. The van der Waals surface area contributed by atoms with E-state index in [-0.39, 0.29) is 36.0 Å². The van der Waals surface area contributed by atoms with Crippen molar-refractivity contribution in [2.24, 2.45) is 0 Å². The topological polar surface area (TPSA) is 71.3 Å². The lowest BCUT2D eigenvalue weighted by Gasteiger charge is -2.27. The zero-order valence-electron chi connectivity index (χ0n) is 16.4. The van der Waals surface area contributed by atoms with Gasteiger partial charge in [-0.3, -0.25) is 4.79 Å². The Balaban J connectivity index is 1.31. The number of piperidine rings is 1. The molecular weight excluding hydrogens is 390 g/mol. The number of aryl methyl sites for hydroxylation is 1. The highest BCUT2D eigenvalue weighted by Gasteiger charge is 2.16. The second-order valence-corrected chi connectivity index (χ2v) is 7.22. The van der Waals surface area contributed by atoms with Crippen molar-refractivity contribution in [2.45, 2.75) is 32.1 Å². The molecule has 30 heavy (non-hydrogen) atoms. The average molecular weight is 412 g/mol. The number of oxazole rings is 1. The first kappa shape index (κ1) is 20.0. The van der Waals surface area contributed by atoms with E-state index in [1.54, 1.807) is 6.20 Å². The number of nitrogens with zero attached hydrogens (tertiary/aromatic N) is 3. The molecule has 1 aliphatic heterocycles. The van der Waals surface area contributed by atoms with Crippen LogP contribution in [0, 0.1) is 11.6 Å². The van der Waals surface area contributed by atoms with Crippen molar-refractivity contribution >= 4 is 17.4 Å². The molecule has 0 spiro atoms. The predicted octanol–water partition coefficient (Wildman–Crippen LogP) is 4.58. The minimum atomic E-state index is -0.726. The standard InChI is InChI=1S/C22H22F2N4O2/c23-16-5-4-6-17(24)22(16)18-14-26-21(30-18)10-9-20(29)27-15-7-8-19(25-13-15)28-11-2-1-3-12-28/h4-8,13-14H,1-3,9-12H2,(H,27,29). The summed E-state index contributed by atoms with van der Waals surface area (Å²) in [5, 5.41) is 2.79. The Kier molecular flexibility index (Phi) is 6.02. The molecule has 1 aromatic carbocycles. The number of rotatable bonds is 6. The minimum Gasteiger partial charge on any atom is -0.441 e. The monoisotopic (exact) mass is 412 g/mol. The molecule has 1 N–H and O–H groups in total. The van der Waals surface area contributed by atoms with Crippen molar-refractivity contribution in [3.05, 3.63) is 60.3 Å². The summed E-state index contributed by atoms with van der Waals surface area (Å²) in [5.41, 5.74) is 0.350. The molecule has 1 fully saturated rings. The van der Waals surface area contributed by atoms with Gasteiger partial charge in [0.25, 0.3) is 0 Å². The van der Waals surface area contributed by atoms with Gasteiger partial charge in [0.15, 0.2) is 11.7 Å². The Morgan fingerprint density at radius 2 is 1.80 bits per heavy atom. The third-order valence-electron chi connectivity index (χ3n) is 5.04. The molecule has 2 aromatic heterocycles. The maximum Gasteiger partial charge on any atom is 0.224 e. The lowest BCUT2D eigenvalue weighted by molar-refractivity contribution is -0.116. The molecule has 156 valence electrons. The highest BCUT2D eigenvalue weighted by atomic mass is 19.1. The molecule has 0 aliphatic carbocycles. The maximum atomic E-state index is 13.8. The molecule has 8 heteroatoms. The Hall–Kier alpha value is -3.29. The van der Waals surface area contributed by atoms with Gasteiger partial charge in [0.2, 0.25) is 5.91 Å². The Morgan fingerprint density at radius 1 is 1.03 bits per heavy atom. The molecular formula is C22H22F2N4O2. The summed E-state index contributed by atoms with van der Waals surface area (Å²) in [4.78, 5) is 22.9. The number of carbonyl (C=O) groups is 1. The molecule has 0 unspecified atom stereocenters. The zero-order valence-corrected chi connectivity index (χ0v) is 16.4. The highest BCUT2D eigenvalue weighted by molar-refractivity contribution is 5.90. The van der Waals surface area contributed by atoms with Crippen molar-refractivity contribution < 1.29 is 18.0 Å². The van der Waals surface area contributed by atoms with Gasteiger partial charge in [-0.05, 0) is 43.5 Å². The van der Waals surface area contributed by atoms with E-state index in [9.17, 15) is 13.6 Å². The fraction of sp³-hybridized carbons (Fsp3) is 0.318. The summed E-state index contributed by atoms with van der Waals surface area (Å²) < 4.78 is 33.1. The smallest absolute Gasteiger partial charge is 0.224 e. The molecule has 0 bridgehead atoms. The number of pyridine rings is 1. The molecule has 4 rings (SSSR count). The molecule has 1 aliphatic rings. The van der Waals surface area contributed by atoms with Crippen LogP contribution in [-0.4, -0.2) is 29.0 Å². The van der Waals surface area contributed by atoms with E-state index in [1.807, 2.05) is 12.1 Å². The van der Waals surface area contributed by atoms with Gasteiger partial charge in [0.1, 0.15) is 17.5 Å². The van der Waals surface area contributed by atoms with E-state index < -0.39 is 11.6 Å². The van der Waals surface area contributed by atoms with Crippen LogP contribution >= 0.6 is 0 Å². The quantitative estimate of drug-likeness (QED) is 0.642. The zero-order chi connectivity index (χ0) is 20.9. The van der Waals surface area contributed by atoms with Crippen LogP contribution in [0.15, 0.2) is 47.1 Å². The van der Waals surface area contributed by atoms with E-state index in [0.29, 0.717) is 5.69 Å². The number of amides is 1. The summed E-state index contributed by atoms with van der Waals surface area (Å²) >= 11 is 0. The number of aromatic nitrogens is 2. The van der Waals surface area contributed by atoms with E-state index in [0.717, 1.165) is 31.0 Å². The molecule has 3 aromatic rings. The number of carbonyl (C=O) groups excluding carboxylic acids is 1. The molecule has 1 amide bonds. The van der Waals surface area contributed by atoms with Crippen LogP contribution in [0.1, 0.15) is 31.6 Å². The van der Waals surface area contributed by atoms with Crippen LogP contribution < -0.4 is 10.2 Å². The van der Waals surface area contributed by atoms with Crippen molar-refractivity contribution in [1.29, 1.82) is 0 Å². The summed E-state index contributed by atoms with van der Waals surface area (Å²) in [6, 6.07) is 7.32. The Bertz CT molecular complexity index is 994. The third-order valence-corrected chi connectivity index (χ3v) is 5.04. The van der Waals surface area contributed by atoms with Gasteiger partial charge in [-0.2, -0.15) is 0 Å².